The van der Waals surface area contributed by atoms with Gasteiger partial charge >= 0.3 is 0 Å². The van der Waals surface area contributed by atoms with E-state index in [2.05, 4.69) is 39.3 Å². The Bertz CT molecular complexity index is 740. The van der Waals surface area contributed by atoms with Crippen LogP contribution in [0.1, 0.15) is 43.2 Å². The van der Waals surface area contributed by atoms with E-state index in [1.165, 1.54) is 37.7 Å². The van der Waals surface area contributed by atoms with E-state index in [0.717, 1.165) is 22.3 Å². The first-order valence-corrected chi connectivity index (χ1v) is 10.2. The maximum atomic E-state index is 12.5. The summed E-state index contributed by atoms with van der Waals surface area (Å²) in [5.41, 5.74) is 3.12. The van der Waals surface area contributed by atoms with Gasteiger partial charge in [0.05, 0.1) is 6.42 Å². The van der Waals surface area contributed by atoms with Gasteiger partial charge in [-0.3, -0.25) is 9.69 Å². The maximum Gasteiger partial charge on any atom is 0.228 e. The number of hydrogen-bond acceptors (Lipinski definition) is 2. The standard InChI is InChI=1S/C22H27BrN2O/c1-25(20-11-3-2-4-12-20)16-18-9-5-6-13-21(18)24-22(26)15-17-8-7-10-19(23)14-17/h5-10,13-14,20H,2-4,11-12,15-16H2,1H3,(H,24,26). The van der Waals surface area contributed by atoms with Gasteiger partial charge in [0.25, 0.3) is 0 Å². The molecule has 138 valence electrons. The van der Waals surface area contributed by atoms with Crippen LogP contribution in [-0.4, -0.2) is 23.9 Å². The minimum Gasteiger partial charge on any atom is -0.325 e. The lowest BCUT2D eigenvalue weighted by Crippen LogP contribution is -2.33. The minimum absolute atomic E-state index is 0.0240. The molecule has 0 spiro atoms. The molecule has 1 aliphatic carbocycles. The lowest BCUT2D eigenvalue weighted by molar-refractivity contribution is -0.115. The van der Waals surface area contributed by atoms with Crippen molar-refractivity contribution in [3.8, 4) is 0 Å². The number of nitrogens with zero attached hydrogens (tertiary/aromatic N) is 1. The summed E-state index contributed by atoms with van der Waals surface area (Å²) in [5.74, 6) is 0.0240. The normalized spacial score (nSPS) is 15.2. The SMILES string of the molecule is CN(Cc1ccccc1NC(=O)Cc1cccc(Br)c1)C1CCCCC1. The number of hydrogen-bond donors (Lipinski definition) is 1. The molecule has 0 bridgehead atoms. The number of halogens is 1. The topological polar surface area (TPSA) is 32.3 Å². The molecule has 0 atom stereocenters. The van der Waals surface area contributed by atoms with Gasteiger partial charge in [0.15, 0.2) is 0 Å². The van der Waals surface area contributed by atoms with Crippen LogP contribution in [0.5, 0.6) is 0 Å². The zero-order chi connectivity index (χ0) is 18.4. The van der Waals surface area contributed by atoms with Gasteiger partial charge in [-0.25, -0.2) is 0 Å². The molecule has 0 radical (unpaired) electrons. The second-order valence-corrected chi connectivity index (χ2v) is 8.13. The Balaban J connectivity index is 1.63. The number of benzene rings is 2. The largest absolute Gasteiger partial charge is 0.325 e. The second-order valence-electron chi connectivity index (χ2n) is 7.22. The van der Waals surface area contributed by atoms with E-state index in [-0.39, 0.29) is 5.91 Å². The minimum atomic E-state index is 0.0240. The van der Waals surface area contributed by atoms with Crippen LogP contribution >= 0.6 is 15.9 Å². The Kier molecular flexibility index (Phi) is 6.86. The summed E-state index contributed by atoms with van der Waals surface area (Å²) < 4.78 is 0.998. The summed E-state index contributed by atoms with van der Waals surface area (Å²) in [7, 11) is 2.20. The molecule has 2 aromatic rings. The molecule has 3 rings (SSSR count). The van der Waals surface area contributed by atoms with Crippen molar-refractivity contribution in [3.05, 3.63) is 64.1 Å². The molecule has 0 unspecified atom stereocenters. The van der Waals surface area contributed by atoms with E-state index in [1.807, 2.05) is 42.5 Å². The Morgan fingerprint density at radius 2 is 1.88 bits per heavy atom. The summed E-state index contributed by atoms with van der Waals surface area (Å²) in [4.78, 5) is 14.9. The van der Waals surface area contributed by atoms with Gasteiger partial charge in [0.1, 0.15) is 0 Å². The number of para-hydroxylation sites is 1. The average molecular weight is 415 g/mol. The molecule has 1 fully saturated rings. The van der Waals surface area contributed by atoms with Gasteiger partial charge in [0, 0.05) is 22.7 Å². The zero-order valence-electron chi connectivity index (χ0n) is 15.4. The molecule has 0 aromatic heterocycles. The van der Waals surface area contributed by atoms with Gasteiger partial charge in [-0.2, -0.15) is 0 Å². The van der Waals surface area contributed by atoms with Gasteiger partial charge in [-0.1, -0.05) is 65.5 Å². The maximum absolute atomic E-state index is 12.5. The molecule has 3 nitrogen and oxygen atoms in total. The predicted molar refractivity (Wildman–Crippen MR) is 111 cm³/mol. The van der Waals surface area contributed by atoms with Crippen molar-refractivity contribution in [2.24, 2.45) is 0 Å². The van der Waals surface area contributed by atoms with Crippen molar-refractivity contribution < 1.29 is 4.79 Å². The fourth-order valence-electron chi connectivity index (χ4n) is 3.73. The van der Waals surface area contributed by atoms with Crippen molar-refractivity contribution in [1.82, 2.24) is 4.90 Å². The van der Waals surface area contributed by atoms with E-state index in [4.69, 9.17) is 0 Å². The number of anilines is 1. The van der Waals surface area contributed by atoms with Crippen LogP contribution in [0.4, 0.5) is 5.69 Å². The van der Waals surface area contributed by atoms with E-state index < -0.39 is 0 Å². The summed E-state index contributed by atoms with van der Waals surface area (Å²) in [5, 5.41) is 3.11. The van der Waals surface area contributed by atoms with Gasteiger partial charge < -0.3 is 5.32 Å². The van der Waals surface area contributed by atoms with Crippen molar-refractivity contribution in [3.63, 3.8) is 0 Å². The third kappa shape index (κ3) is 5.42. The van der Waals surface area contributed by atoms with E-state index >= 15 is 0 Å². The van der Waals surface area contributed by atoms with Crippen molar-refractivity contribution >= 4 is 27.5 Å². The first-order valence-electron chi connectivity index (χ1n) is 9.44. The summed E-state index contributed by atoms with van der Waals surface area (Å²) in [6.07, 6.45) is 6.99. The quantitative estimate of drug-likeness (QED) is 0.686. The molecule has 0 saturated heterocycles. The number of rotatable bonds is 6. The molecular formula is C22H27BrN2O. The van der Waals surface area contributed by atoms with Gasteiger partial charge in [-0.15, -0.1) is 0 Å². The fourth-order valence-corrected chi connectivity index (χ4v) is 4.17. The number of nitrogens with one attached hydrogen (secondary N) is 1. The predicted octanol–water partition coefficient (Wildman–Crippen LogP) is 5.39. The first kappa shape index (κ1) is 19.1. The number of carbonyl (C=O) groups excluding carboxylic acids is 1. The molecule has 1 saturated carbocycles. The van der Waals surface area contributed by atoms with Crippen molar-refractivity contribution in [1.29, 1.82) is 0 Å². The summed E-state index contributed by atoms with van der Waals surface area (Å²) in [6.45, 7) is 0.873. The van der Waals surface area contributed by atoms with Crippen molar-refractivity contribution in [2.45, 2.75) is 51.1 Å². The fraction of sp³-hybridized carbons (Fsp3) is 0.409. The second kappa shape index (κ2) is 9.33. The molecule has 0 aliphatic heterocycles. The number of carbonyl (C=O) groups is 1. The Morgan fingerprint density at radius 3 is 2.65 bits per heavy atom. The van der Waals surface area contributed by atoms with Crippen LogP contribution in [0, 0.1) is 0 Å². The molecule has 1 aliphatic rings. The highest BCUT2D eigenvalue weighted by Gasteiger charge is 2.19. The third-order valence-electron chi connectivity index (χ3n) is 5.16. The first-order chi connectivity index (χ1) is 12.6. The van der Waals surface area contributed by atoms with E-state index in [0.29, 0.717) is 12.5 Å². The monoisotopic (exact) mass is 414 g/mol. The Labute approximate surface area is 164 Å². The van der Waals surface area contributed by atoms with Crippen LogP contribution in [-0.2, 0) is 17.8 Å². The molecule has 26 heavy (non-hydrogen) atoms. The van der Waals surface area contributed by atoms with Crippen LogP contribution in [0.15, 0.2) is 53.0 Å². The third-order valence-corrected chi connectivity index (χ3v) is 5.66. The molecule has 1 N–H and O–H groups in total. The Morgan fingerprint density at radius 1 is 1.12 bits per heavy atom. The summed E-state index contributed by atoms with van der Waals surface area (Å²) in [6, 6.07) is 16.7. The molecular weight excluding hydrogens is 388 g/mol. The highest BCUT2D eigenvalue weighted by atomic mass is 79.9. The zero-order valence-corrected chi connectivity index (χ0v) is 17.0. The molecule has 2 aromatic carbocycles. The van der Waals surface area contributed by atoms with E-state index in [1.54, 1.807) is 0 Å². The van der Waals surface area contributed by atoms with Gasteiger partial charge in [0.2, 0.25) is 5.91 Å². The molecule has 1 amide bonds. The highest BCUT2D eigenvalue weighted by Crippen LogP contribution is 2.25. The van der Waals surface area contributed by atoms with Gasteiger partial charge in [-0.05, 0) is 49.2 Å². The number of amides is 1. The van der Waals surface area contributed by atoms with Crippen LogP contribution in [0.3, 0.4) is 0 Å². The van der Waals surface area contributed by atoms with Crippen LogP contribution in [0.2, 0.25) is 0 Å². The van der Waals surface area contributed by atoms with Crippen LogP contribution in [0.25, 0.3) is 0 Å². The lowest BCUT2D eigenvalue weighted by Gasteiger charge is -2.31. The molecule has 4 heteroatoms. The highest BCUT2D eigenvalue weighted by molar-refractivity contribution is 9.10. The smallest absolute Gasteiger partial charge is 0.228 e. The van der Waals surface area contributed by atoms with Crippen molar-refractivity contribution in [2.75, 3.05) is 12.4 Å². The lowest BCUT2D eigenvalue weighted by atomic mass is 9.94. The van der Waals surface area contributed by atoms with Crippen LogP contribution < -0.4 is 5.32 Å². The average Bonchev–Trinajstić information content (AvgIpc) is 2.64. The molecule has 0 heterocycles. The Hall–Kier alpha value is -1.65. The van der Waals surface area contributed by atoms with E-state index in [9.17, 15) is 4.79 Å². The summed E-state index contributed by atoms with van der Waals surface area (Å²) >= 11 is 3.46.